The highest BCUT2D eigenvalue weighted by atomic mass is 16.5. The lowest BCUT2D eigenvalue weighted by molar-refractivity contribution is 0.0126. The van der Waals surface area contributed by atoms with Crippen LogP contribution in [0.25, 0.3) is 0 Å². The maximum Gasteiger partial charge on any atom is 0.0810 e. The fourth-order valence-electron chi connectivity index (χ4n) is 3.03. The fourth-order valence-corrected chi connectivity index (χ4v) is 3.03. The average Bonchev–Trinajstić information content (AvgIpc) is 3.03. The summed E-state index contributed by atoms with van der Waals surface area (Å²) in [4.78, 5) is 0. The number of rotatable bonds is 4. The first-order chi connectivity index (χ1) is 8.88. The summed E-state index contributed by atoms with van der Waals surface area (Å²) in [6, 6.07) is 8.97. The summed E-state index contributed by atoms with van der Waals surface area (Å²) in [5.41, 5.74) is 2.82. The van der Waals surface area contributed by atoms with E-state index in [1.165, 1.54) is 11.1 Å². The molecule has 1 aromatic rings. The average molecular weight is 247 g/mol. The first-order valence-electron chi connectivity index (χ1n) is 6.83. The van der Waals surface area contributed by atoms with Crippen LogP contribution < -0.4 is 5.32 Å². The van der Waals surface area contributed by atoms with Crippen LogP contribution in [0.4, 0.5) is 0 Å². The van der Waals surface area contributed by atoms with E-state index in [2.05, 4.69) is 29.6 Å². The van der Waals surface area contributed by atoms with Gasteiger partial charge in [-0.25, -0.2) is 0 Å². The van der Waals surface area contributed by atoms with Crippen molar-refractivity contribution >= 4 is 0 Å². The Bertz CT molecular complexity index is 401. The van der Waals surface area contributed by atoms with Crippen LogP contribution in [0.15, 0.2) is 24.3 Å². The van der Waals surface area contributed by atoms with E-state index in [4.69, 9.17) is 9.47 Å². The summed E-state index contributed by atoms with van der Waals surface area (Å²) in [5.74, 6) is 0.589. The summed E-state index contributed by atoms with van der Waals surface area (Å²) in [6.07, 6.45) is 2.44. The Morgan fingerprint density at radius 2 is 2.28 bits per heavy atom. The minimum Gasteiger partial charge on any atom is -0.381 e. The third kappa shape index (κ3) is 2.30. The molecule has 1 N–H and O–H groups in total. The van der Waals surface area contributed by atoms with Gasteiger partial charge in [0.25, 0.3) is 0 Å². The molecule has 1 fully saturated rings. The first kappa shape index (κ1) is 12.2. The number of nitrogens with one attached hydrogen (secondary N) is 1. The standard InChI is InChI=1S/C15H21NO2/c1-16-15-13-5-3-2-4-12(13)8-14(15)18-10-11-6-7-17-9-11/h2-5,11,14-16H,6-10H2,1H3. The van der Waals surface area contributed by atoms with E-state index in [0.717, 1.165) is 32.7 Å². The van der Waals surface area contributed by atoms with Crippen LogP contribution in [-0.2, 0) is 15.9 Å². The second-order valence-electron chi connectivity index (χ2n) is 5.27. The van der Waals surface area contributed by atoms with Gasteiger partial charge in [-0.1, -0.05) is 24.3 Å². The number of fused-ring (bicyclic) bond motifs is 1. The van der Waals surface area contributed by atoms with Gasteiger partial charge in [-0.2, -0.15) is 0 Å². The highest BCUT2D eigenvalue weighted by molar-refractivity contribution is 5.36. The molecule has 0 radical (unpaired) electrons. The highest BCUT2D eigenvalue weighted by Gasteiger charge is 2.32. The fraction of sp³-hybridized carbons (Fsp3) is 0.600. The quantitative estimate of drug-likeness (QED) is 0.882. The lowest BCUT2D eigenvalue weighted by Gasteiger charge is -2.22. The van der Waals surface area contributed by atoms with E-state index in [1.807, 2.05) is 7.05 Å². The van der Waals surface area contributed by atoms with Gasteiger partial charge in [0.05, 0.1) is 25.4 Å². The number of likely N-dealkylation sites (N-methyl/N-ethyl adjacent to an activating group) is 1. The number of hydrogen-bond acceptors (Lipinski definition) is 3. The molecule has 18 heavy (non-hydrogen) atoms. The summed E-state index contributed by atoms with van der Waals surface area (Å²) in [7, 11) is 2.02. The van der Waals surface area contributed by atoms with Gasteiger partial charge in [-0.05, 0) is 24.6 Å². The van der Waals surface area contributed by atoms with Crippen molar-refractivity contribution in [3.8, 4) is 0 Å². The molecular weight excluding hydrogens is 226 g/mol. The Balaban J connectivity index is 1.63. The van der Waals surface area contributed by atoms with Crippen LogP contribution in [0.2, 0.25) is 0 Å². The van der Waals surface area contributed by atoms with E-state index in [9.17, 15) is 0 Å². The van der Waals surface area contributed by atoms with E-state index in [-0.39, 0.29) is 6.10 Å². The van der Waals surface area contributed by atoms with Crippen LogP contribution in [0.1, 0.15) is 23.6 Å². The Morgan fingerprint density at radius 3 is 3.06 bits per heavy atom. The minimum absolute atomic E-state index is 0.271. The van der Waals surface area contributed by atoms with Gasteiger partial charge in [0.2, 0.25) is 0 Å². The molecule has 1 saturated heterocycles. The number of ether oxygens (including phenoxy) is 2. The highest BCUT2D eigenvalue weighted by Crippen LogP contribution is 2.33. The van der Waals surface area contributed by atoms with Crippen LogP contribution in [0.3, 0.4) is 0 Å². The van der Waals surface area contributed by atoms with Crippen LogP contribution in [-0.4, -0.2) is 33.0 Å². The lowest BCUT2D eigenvalue weighted by Crippen LogP contribution is -2.30. The van der Waals surface area contributed by atoms with Crippen molar-refractivity contribution in [1.82, 2.24) is 5.32 Å². The van der Waals surface area contributed by atoms with Gasteiger partial charge in [0, 0.05) is 18.9 Å². The molecule has 3 unspecified atom stereocenters. The zero-order chi connectivity index (χ0) is 12.4. The van der Waals surface area contributed by atoms with E-state index < -0.39 is 0 Å². The largest absolute Gasteiger partial charge is 0.381 e. The molecule has 0 aromatic heterocycles. The topological polar surface area (TPSA) is 30.5 Å². The summed E-state index contributed by atoms with van der Waals surface area (Å²) < 4.78 is 11.5. The predicted molar refractivity (Wildman–Crippen MR) is 70.6 cm³/mol. The first-order valence-corrected chi connectivity index (χ1v) is 6.83. The summed E-state index contributed by atoms with van der Waals surface area (Å²) in [6.45, 7) is 2.59. The van der Waals surface area contributed by atoms with Gasteiger partial charge < -0.3 is 14.8 Å². The van der Waals surface area contributed by atoms with Gasteiger partial charge in [0.15, 0.2) is 0 Å². The molecule has 3 nitrogen and oxygen atoms in total. The Kier molecular flexibility index (Phi) is 3.64. The van der Waals surface area contributed by atoms with E-state index in [1.54, 1.807) is 0 Å². The number of hydrogen-bond donors (Lipinski definition) is 1. The Labute approximate surface area is 108 Å². The van der Waals surface area contributed by atoms with Crippen molar-refractivity contribution in [3.05, 3.63) is 35.4 Å². The van der Waals surface area contributed by atoms with E-state index >= 15 is 0 Å². The van der Waals surface area contributed by atoms with Crippen molar-refractivity contribution in [1.29, 1.82) is 0 Å². The monoisotopic (exact) mass is 247 g/mol. The second-order valence-corrected chi connectivity index (χ2v) is 5.27. The van der Waals surface area contributed by atoms with Crippen molar-refractivity contribution in [2.24, 2.45) is 5.92 Å². The van der Waals surface area contributed by atoms with Gasteiger partial charge in [-0.15, -0.1) is 0 Å². The zero-order valence-corrected chi connectivity index (χ0v) is 10.9. The predicted octanol–water partition coefficient (Wildman–Crippen LogP) is 1.92. The van der Waals surface area contributed by atoms with Crippen LogP contribution in [0, 0.1) is 5.92 Å². The molecule has 1 aliphatic heterocycles. The molecule has 0 amide bonds. The molecule has 1 aliphatic carbocycles. The van der Waals surface area contributed by atoms with Gasteiger partial charge >= 0.3 is 0 Å². The molecule has 1 aromatic carbocycles. The number of benzene rings is 1. The van der Waals surface area contributed by atoms with E-state index in [0.29, 0.717) is 12.0 Å². The lowest BCUT2D eigenvalue weighted by atomic mass is 10.1. The van der Waals surface area contributed by atoms with Gasteiger partial charge in [-0.3, -0.25) is 0 Å². The Hall–Kier alpha value is -0.900. The summed E-state index contributed by atoms with van der Waals surface area (Å²) >= 11 is 0. The molecule has 0 spiro atoms. The molecule has 0 saturated carbocycles. The second kappa shape index (κ2) is 5.39. The minimum atomic E-state index is 0.271. The van der Waals surface area contributed by atoms with Crippen molar-refractivity contribution in [2.45, 2.75) is 25.0 Å². The van der Waals surface area contributed by atoms with Crippen molar-refractivity contribution in [2.75, 3.05) is 26.9 Å². The maximum atomic E-state index is 6.13. The smallest absolute Gasteiger partial charge is 0.0810 e. The zero-order valence-electron chi connectivity index (χ0n) is 10.9. The third-order valence-corrected chi connectivity index (χ3v) is 4.06. The third-order valence-electron chi connectivity index (χ3n) is 4.06. The molecule has 3 rings (SSSR count). The van der Waals surface area contributed by atoms with Gasteiger partial charge in [0.1, 0.15) is 0 Å². The normalized spacial score (nSPS) is 30.6. The molecule has 98 valence electrons. The Morgan fingerprint density at radius 1 is 1.39 bits per heavy atom. The molecule has 1 heterocycles. The van der Waals surface area contributed by atoms with Crippen molar-refractivity contribution < 1.29 is 9.47 Å². The van der Waals surface area contributed by atoms with Crippen LogP contribution in [0.5, 0.6) is 0 Å². The molecule has 3 heteroatoms. The summed E-state index contributed by atoms with van der Waals surface area (Å²) in [5, 5.41) is 3.39. The molecular formula is C15H21NO2. The SMILES string of the molecule is CNC1c2ccccc2CC1OCC1CCOC1. The van der Waals surface area contributed by atoms with Crippen LogP contribution >= 0.6 is 0 Å². The van der Waals surface area contributed by atoms with Crippen molar-refractivity contribution in [3.63, 3.8) is 0 Å². The molecule has 2 aliphatic rings. The molecule has 0 bridgehead atoms. The molecule has 3 atom stereocenters. The maximum absolute atomic E-state index is 6.13.